The number of fused-ring (bicyclic) bond motifs is 1. The Morgan fingerprint density at radius 2 is 1.71 bits per heavy atom. The molecule has 7 nitrogen and oxygen atoms in total. The zero-order valence-electron chi connectivity index (χ0n) is 21.6. The van der Waals surface area contributed by atoms with Crippen molar-refractivity contribution in [3.63, 3.8) is 0 Å². The number of nitrogens with zero attached hydrogens (tertiary/aromatic N) is 2. The average molecular weight is 572 g/mol. The van der Waals surface area contributed by atoms with E-state index in [2.05, 4.69) is 29.1 Å². The average Bonchev–Trinajstić information content (AvgIpc) is 3.47. The first-order chi connectivity index (χ1) is 19.8. The van der Waals surface area contributed by atoms with Crippen LogP contribution in [-0.4, -0.2) is 30.7 Å². The maximum Gasteiger partial charge on any atom is 0.309 e. The van der Waals surface area contributed by atoms with Crippen LogP contribution in [0.2, 0.25) is 0 Å². The smallest absolute Gasteiger partial charge is 0.309 e. The molecule has 206 valence electrons. The molecule has 0 radical (unpaired) electrons. The molecule has 0 fully saturated rings. The molecule has 0 unspecified atom stereocenters. The number of nitrogens with one attached hydrogen (secondary N) is 1. The summed E-state index contributed by atoms with van der Waals surface area (Å²) in [7, 11) is -4.46. The molecule has 41 heavy (non-hydrogen) atoms. The van der Waals surface area contributed by atoms with Gasteiger partial charge in [-0.2, -0.15) is 5.10 Å². The van der Waals surface area contributed by atoms with Crippen molar-refractivity contribution in [2.24, 2.45) is 0 Å². The van der Waals surface area contributed by atoms with Crippen molar-refractivity contribution >= 4 is 26.7 Å². The fourth-order valence-corrected chi connectivity index (χ4v) is 5.04. The van der Waals surface area contributed by atoms with Crippen molar-refractivity contribution in [2.75, 3.05) is 6.61 Å². The van der Waals surface area contributed by atoms with Crippen LogP contribution in [0.25, 0.3) is 10.8 Å². The van der Waals surface area contributed by atoms with E-state index in [9.17, 15) is 22.0 Å². The summed E-state index contributed by atoms with van der Waals surface area (Å²) in [6.07, 6.45) is 4.12. The second kappa shape index (κ2) is 12.0. The van der Waals surface area contributed by atoms with E-state index < -0.39 is 32.5 Å². The summed E-state index contributed by atoms with van der Waals surface area (Å²) in [5, 5.41) is 6.48. The molecule has 10 heteroatoms. The van der Waals surface area contributed by atoms with Gasteiger partial charge in [0.2, 0.25) is 0 Å². The van der Waals surface area contributed by atoms with Gasteiger partial charge in [0.15, 0.2) is 11.6 Å². The van der Waals surface area contributed by atoms with Gasteiger partial charge in [0.05, 0.1) is 23.6 Å². The SMILES string of the molecule is O=C(C#Cc1ccc(Cn2cccn2)cc1OCCc1ccc2ccccc2c1)NS(=O)(=O)c1ccc(F)c(F)c1. The van der Waals surface area contributed by atoms with Crippen LogP contribution in [0.15, 0.2) is 102 Å². The Bertz CT molecular complexity index is 1900. The predicted octanol–water partition coefficient (Wildman–Crippen LogP) is 4.84. The van der Waals surface area contributed by atoms with E-state index in [4.69, 9.17) is 4.74 Å². The van der Waals surface area contributed by atoms with E-state index in [0.29, 0.717) is 43.0 Å². The third kappa shape index (κ3) is 6.96. The van der Waals surface area contributed by atoms with Crippen molar-refractivity contribution in [3.8, 4) is 17.6 Å². The van der Waals surface area contributed by atoms with Gasteiger partial charge in [-0.1, -0.05) is 54.5 Å². The summed E-state index contributed by atoms with van der Waals surface area (Å²) < 4.78 is 61.1. The number of sulfonamides is 1. The minimum atomic E-state index is -4.46. The molecule has 1 aromatic heterocycles. The summed E-state index contributed by atoms with van der Waals surface area (Å²) in [6, 6.07) is 23.3. The molecule has 1 heterocycles. The lowest BCUT2D eigenvalue weighted by Gasteiger charge is -2.11. The van der Waals surface area contributed by atoms with Gasteiger partial charge in [0, 0.05) is 24.7 Å². The maximum atomic E-state index is 13.5. The lowest BCUT2D eigenvalue weighted by Crippen LogP contribution is -2.29. The van der Waals surface area contributed by atoms with Crippen molar-refractivity contribution in [1.82, 2.24) is 14.5 Å². The molecule has 0 aliphatic rings. The summed E-state index contributed by atoms with van der Waals surface area (Å²) in [5.41, 5.74) is 2.34. The second-order valence-corrected chi connectivity index (χ2v) is 10.8. The topological polar surface area (TPSA) is 90.3 Å². The molecule has 4 aromatic carbocycles. The zero-order valence-corrected chi connectivity index (χ0v) is 22.4. The number of halogens is 2. The summed E-state index contributed by atoms with van der Waals surface area (Å²) in [5.74, 6) is 1.61. The van der Waals surface area contributed by atoms with Crippen LogP contribution in [0, 0.1) is 23.5 Å². The Hall–Kier alpha value is -5.01. The fourth-order valence-electron chi connectivity index (χ4n) is 4.12. The first-order valence-electron chi connectivity index (χ1n) is 12.5. The summed E-state index contributed by atoms with van der Waals surface area (Å²) >= 11 is 0. The number of ether oxygens (including phenoxy) is 1. The molecule has 0 atom stereocenters. The van der Waals surface area contributed by atoms with Crippen molar-refractivity contribution in [3.05, 3.63) is 126 Å². The third-order valence-electron chi connectivity index (χ3n) is 6.15. The largest absolute Gasteiger partial charge is 0.492 e. The second-order valence-electron chi connectivity index (χ2n) is 9.07. The van der Waals surface area contributed by atoms with Crippen LogP contribution >= 0.6 is 0 Å². The highest BCUT2D eigenvalue weighted by Crippen LogP contribution is 2.22. The quantitative estimate of drug-likeness (QED) is 0.269. The molecular formula is C31H23F2N3O4S. The highest BCUT2D eigenvalue weighted by Gasteiger charge is 2.18. The van der Waals surface area contributed by atoms with Crippen LogP contribution in [0.5, 0.6) is 5.75 Å². The fraction of sp³-hybridized carbons (Fsp3) is 0.0968. The molecule has 0 aliphatic heterocycles. The van der Waals surface area contributed by atoms with Crippen molar-refractivity contribution in [2.45, 2.75) is 17.9 Å². The Balaban J connectivity index is 1.33. The minimum absolute atomic E-state index is 0.328. The van der Waals surface area contributed by atoms with Crippen molar-refractivity contribution < 1.29 is 26.7 Å². The third-order valence-corrected chi connectivity index (χ3v) is 7.48. The number of carbonyl (C=O) groups is 1. The van der Waals surface area contributed by atoms with E-state index in [0.717, 1.165) is 28.0 Å². The molecule has 5 aromatic rings. The van der Waals surface area contributed by atoms with Crippen LogP contribution < -0.4 is 9.46 Å². The van der Waals surface area contributed by atoms with E-state index in [1.165, 1.54) is 0 Å². The van der Waals surface area contributed by atoms with Crippen molar-refractivity contribution in [1.29, 1.82) is 0 Å². The number of benzene rings is 4. The Labute approximate surface area is 235 Å². The standard InChI is InChI=1S/C31H23F2N3O4S/c32-28-12-11-27(20-29(28)33)41(38,39)35-31(37)13-10-25-9-7-23(21-36-16-3-15-34-36)19-30(25)40-17-14-22-6-8-24-4-1-2-5-26(24)18-22/h1-9,11-12,15-16,18-20H,14,17,21H2,(H,35,37). The molecule has 5 rings (SSSR count). The number of amides is 1. The van der Waals surface area contributed by atoms with Crippen LogP contribution in [0.4, 0.5) is 8.78 Å². The lowest BCUT2D eigenvalue weighted by atomic mass is 10.1. The van der Waals surface area contributed by atoms with Gasteiger partial charge >= 0.3 is 5.91 Å². The molecule has 0 aliphatic carbocycles. The minimum Gasteiger partial charge on any atom is -0.492 e. The molecule has 0 bridgehead atoms. The van der Waals surface area contributed by atoms with E-state index >= 15 is 0 Å². The molecular weight excluding hydrogens is 548 g/mol. The van der Waals surface area contributed by atoms with E-state index in [1.54, 1.807) is 33.8 Å². The Kier molecular flexibility index (Phi) is 8.08. The number of hydrogen-bond acceptors (Lipinski definition) is 5. The number of rotatable bonds is 8. The van der Waals surface area contributed by atoms with Gasteiger partial charge in [-0.15, -0.1) is 0 Å². The lowest BCUT2D eigenvalue weighted by molar-refractivity contribution is -0.114. The number of hydrogen-bond donors (Lipinski definition) is 1. The normalized spacial score (nSPS) is 11.1. The number of aromatic nitrogens is 2. The Morgan fingerprint density at radius 1 is 0.902 bits per heavy atom. The van der Waals surface area contributed by atoms with Gasteiger partial charge in [-0.3, -0.25) is 9.48 Å². The van der Waals surface area contributed by atoms with Crippen LogP contribution in [0.1, 0.15) is 16.7 Å². The number of carbonyl (C=O) groups excluding carboxylic acids is 1. The first-order valence-corrected chi connectivity index (χ1v) is 14.0. The highest BCUT2D eigenvalue weighted by molar-refractivity contribution is 7.90. The first kappa shape index (κ1) is 27.6. The highest BCUT2D eigenvalue weighted by atomic mass is 32.2. The van der Waals surface area contributed by atoms with Gasteiger partial charge in [-0.25, -0.2) is 21.9 Å². The predicted molar refractivity (Wildman–Crippen MR) is 149 cm³/mol. The monoisotopic (exact) mass is 571 g/mol. The zero-order chi connectivity index (χ0) is 28.8. The van der Waals surface area contributed by atoms with Gasteiger partial charge in [-0.05, 0) is 58.3 Å². The van der Waals surface area contributed by atoms with Crippen LogP contribution in [0.3, 0.4) is 0 Å². The molecule has 0 spiro atoms. The molecule has 1 amide bonds. The Morgan fingerprint density at radius 3 is 2.49 bits per heavy atom. The van der Waals surface area contributed by atoms with Gasteiger partial charge in [0.1, 0.15) is 5.75 Å². The molecule has 0 saturated carbocycles. The summed E-state index contributed by atoms with van der Waals surface area (Å²) in [6.45, 7) is 0.809. The summed E-state index contributed by atoms with van der Waals surface area (Å²) in [4.78, 5) is 11.8. The van der Waals surface area contributed by atoms with E-state index in [-0.39, 0.29) is 0 Å². The molecule has 1 N–H and O–H groups in total. The molecule has 0 saturated heterocycles. The van der Waals surface area contributed by atoms with E-state index in [1.807, 2.05) is 42.6 Å². The van der Waals surface area contributed by atoms with Crippen LogP contribution in [-0.2, 0) is 27.8 Å². The maximum absolute atomic E-state index is 13.5. The van der Waals surface area contributed by atoms with Gasteiger partial charge < -0.3 is 4.74 Å². The van der Waals surface area contributed by atoms with Gasteiger partial charge in [0.25, 0.3) is 10.0 Å².